The number of carbonyl (C=O) groups is 2. The predicted molar refractivity (Wildman–Crippen MR) is 137 cm³/mol. The molecule has 38 heavy (non-hydrogen) atoms. The third-order valence-corrected chi connectivity index (χ3v) is 6.86. The molecule has 4 rings (SSSR count). The first-order valence-corrected chi connectivity index (χ1v) is 12.7. The number of aromatic nitrogens is 1. The minimum atomic E-state index is -4.46. The highest BCUT2D eigenvalue weighted by Crippen LogP contribution is 2.41. The van der Waals surface area contributed by atoms with Gasteiger partial charge in [-0.05, 0) is 50.5 Å². The standard InChI is InChI=1S/C28H33F3N4O3/c1-17(24-10-12-33-38-24)15-32-25(36)22-9-8-20(18-6-5-7-19(14-18)28(29,30)31)21-11-13-35(16-23(21)22)26(37)34-27(2,3)4/h5-10,12,14,17,22-23H,11,13,15-16H2,1-4H3,(H,32,36)(H,34,37). The highest BCUT2D eigenvalue weighted by atomic mass is 19.4. The monoisotopic (exact) mass is 530 g/mol. The molecular weight excluding hydrogens is 497 g/mol. The molecule has 0 bridgehead atoms. The Hall–Kier alpha value is -3.56. The second-order valence-electron chi connectivity index (χ2n) is 10.9. The van der Waals surface area contributed by atoms with E-state index in [2.05, 4.69) is 15.8 Å². The first kappa shape index (κ1) is 27.5. The number of rotatable bonds is 5. The molecular formula is C28H33F3N4O3. The molecule has 1 aliphatic heterocycles. The number of allylic oxidation sites excluding steroid dienone is 2. The van der Waals surface area contributed by atoms with Crippen molar-refractivity contribution < 1.29 is 27.3 Å². The van der Waals surface area contributed by atoms with Crippen molar-refractivity contribution in [3.63, 3.8) is 0 Å². The molecule has 2 heterocycles. The molecule has 204 valence electrons. The number of benzene rings is 1. The Morgan fingerprint density at radius 2 is 1.97 bits per heavy atom. The lowest BCUT2D eigenvalue weighted by Gasteiger charge is -2.41. The van der Waals surface area contributed by atoms with Gasteiger partial charge in [0, 0.05) is 43.1 Å². The van der Waals surface area contributed by atoms with E-state index in [-0.39, 0.29) is 30.3 Å². The molecule has 7 nitrogen and oxygen atoms in total. The van der Waals surface area contributed by atoms with Gasteiger partial charge in [-0.1, -0.05) is 41.9 Å². The number of alkyl halides is 3. The minimum Gasteiger partial charge on any atom is -0.361 e. The van der Waals surface area contributed by atoms with Crippen LogP contribution in [0.4, 0.5) is 18.0 Å². The predicted octanol–water partition coefficient (Wildman–Crippen LogP) is 5.38. The number of urea groups is 1. The first-order chi connectivity index (χ1) is 17.8. The van der Waals surface area contributed by atoms with Crippen molar-refractivity contribution in [1.82, 2.24) is 20.7 Å². The summed E-state index contributed by atoms with van der Waals surface area (Å²) in [6.07, 6.45) is 1.02. The van der Waals surface area contributed by atoms with Crippen molar-refractivity contribution in [3.05, 3.63) is 71.1 Å². The number of amides is 3. The Kier molecular flexibility index (Phi) is 7.71. The zero-order valence-electron chi connectivity index (χ0n) is 21.9. The lowest BCUT2D eigenvalue weighted by molar-refractivity contribution is -0.137. The number of hydrogen-bond acceptors (Lipinski definition) is 4. The number of likely N-dealkylation sites (tertiary alicyclic amines) is 1. The van der Waals surface area contributed by atoms with Crippen LogP contribution in [0, 0.1) is 11.8 Å². The van der Waals surface area contributed by atoms with E-state index in [0.29, 0.717) is 36.4 Å². The zero-order chi connectivity index (χ0) is 27.7. The maximum absolute atomic E-state index is 13.4. The van der Waals surface area contributed by atoms with Crippen LogP contribution >= 0.6 is 0 Å². The number of halogens is 3. The normalized spacial score (nSPS) is 20.7. The molecule has 1 aromatic carbocycles. The molecule has 1 saturated heterocycles. The van der Waals surface area contributed by atoms with E-state index in [4.69, 9.17) is 4.52 Å². The van der Waals surface area contributed by atoms with Crippen molar-refractivity contribution in [2.75, 3.05) is 19.6 Å². The van der Waals surface area contributed by atoms with Gasteiger partial charge in [-0.25, -0.2) is 4.79 Å². The lowest BCUT2D eigenvalue weighted by Crippen LogP contribution is -2.53. The number of nitrogens with zero attached hydrogens (tertiary/aromatic N) is 2. The number of piperidine rings is 1. The van der Waals surface area contributed by atoms with E-state index in [1.165, 1.54) is 6.07 Å². The zero-order valence-corrected chi connectivity index (χ0v) is 21.9. The molecule has 1 fully saturated rings. The number of fused-ring (bicyclic) bond motifs is 1. The van der Waals surface area contributed by atoms with Crippen LogP contribution in [0.15, 0.2) is 58.8 Å². The fourth-order valence-electron chi connectivity index (χ4n) is 4.94. The summed E-state index contributed by atoms with van der Waals surface area (Å²) in [5.41, 5.74) is 0.847. The first-order valence-electron chi connectivity index (χ1n) is 12.7. The fraction of sp³-hybridized carbons (Fsp3) is 0.464. The lowest BCUT2D eigenvalue weighted by atomic mass is 9.73. The van der Waals surface area contributed by atoms with Crippen LogP contribution < -0.4 is 10.6 Å². The van der Waals surface area contributed by atoms with Crippen molar-refractivity contribution >= 4 is 17.5 Å². The topological polar surface area (TPSA) is 87.5 Å². The Morgan fingerprint density at radius 3 is 2.63 bits per heavy atom. The molecule has 2 N–H and O–H groups in total. The quantitative estimate of drug-likeness (QED) is 0.543. The second kappa shape index (κ2) is 10.7. The van der Waals surface area contributed by atoms with Gasteiger partial charge < -0.3 is 20.1 Å². The maximum Gasteiger partial charge on any atom is 0.416 e. The molecule has 2 aliphatic rings. The van der Waals surface area contributed by atoms with Crippen LogP contribution in [-0.4, -0.2) is 47.2 Å². The van der Waals surface area contributed by atoms with Gasteiger partial charge in [0.1, 0.15) is 5.76 Å². The van der Waals surface area contributed by atoms with Gasteiger partial charge in [-0.15, -0.1) is 0 Å². The van der Waals surface area contributed by atoms with Crippen molar-refractivity contribution in [2.45, 2.75) is 51.7 Å². The molecule has 3 unspecified atom stereocenters. The summed E-state index contributed by atoms with van der Waals surface area (Å²) in [5.74, 6) is -0.600. The smallest absolute Gasteiger partial charge is 0.361 e. The van der Waals surface area contributed by atoms with Crippen molar-refractivity contribution in [3.8, 4) is 0 Å². The summed E-state index contributed by atoms with van der Waals surface area (Å²) in [5, 5.41) is 9.64. The van der Waals surface area contributed by atoms with Crippen LogP contribution in [-0.2, 0) is 11.0 Å². The Bertz CT molecular complexity index is 1230. The molecule has 3 atom stereocenters. The van der Waals surface area contributed by atoms with Gasteiger partial charge in [0.2, 0.25) is 5.91 Å². The van der Waals surface area contributed by atoms with Crippen LogP contribution in [0.25, 0.3) is 5.57 Å². The van der Waals surface area contributed by atoms with Crippen LogP contribution in [0.2, 0.25) is 0 Å². The summed E-state index contributed by atoms with van der Waals surface area (Å²) in [7, 11) is 0. The maximum atomic E-state index is 13.4. The number of carbonyl (C=O) groups excluding carboxylic acids is 2. The van der Waals surface area contributed by atoms with Crippen LogP contribution in [0.5, 0.6) is 0 Å². The number of nitrogens with one attached hydrogen (secondary N) is 2. The van der Waals surface area contributed by atoms with Crippen LogP contribution in [0.3, 0.4) is 0 Å². The fourth-order valence-corrected chi connectivity index (χ4v) is 4.94. The van der Waals surface area contributed by atoms with E-state index < -0.39 is 23.2 Å². The van der Waals surface area contributed by atoms with Gasteiger partial charge in [0.15, 0.2) is 0 Å². The Labute approximate surface area is 220 Å². The molecule has 2 aromatic rings. The minimum absolute atomic E-state index is 0.0925. The van der Waals surface area contributed by atoms with E-state index >= 15 is 0 Å². The SMILES string of the molecule is CC(CNC(=O)C1C=CC(c2cccc(C(F)(F)F)c2)=C2CCN(C(=O)NC(C)(C)C)CC21)c1ccno1. The number of hydrogen-bond donors (Lipinski definition) is 2. The van der Waals surface area contributed by atoms with E-state index in [9.17, 15) is 22.8 Å². The van der Waals surface area contributed by atoms with Gasteiger partial charge in [-0.2, -0.15) is 13.2 Å². The van der Waals surface area contributed by atoms with E-state index in [1.54, 1.807) is 35.4 Å². The summed E-state index contributed by atoms with van der Waals surface area (Å²) in [6, 6.07) is 6.74. The summed E-state index contributed by atoms with van der Waals surface area (Å²) < 4.78 is 45.4. The summed E-state index contributed by atoms with van der Waals surface area (Å²) in [6.45, 7) is 8.59. The molecule has 1 aromatic heterocycles. The van der Waals surface area contributed by atoms with Crippen molar-refractivity contribution in [1.29, 1.82) is 0 Å². The van der Waals surface area contributed by atoms with Gasteiger partial charge in [-0.3, -0.25) is 4.79 Å². The van der Waals surface area contributed by atoms with Gasteiger partial charge >= 0.3 is 12.2 Å². The third-order valence-electron chi connectivity index (χ3n) is 6.86. The Morgan fingerprint density at radius 1 is 1.21 bits per heavy atom. The highest BCUT2D eigenvalue weighted by molar-refractivity contribution is 5.87. The van der Waals surface area contributed by atoms with Gasteiger partial charge in [0.25, 0.3) is 0 Å². The van der Waals surface area contributed by atoms with Crippen LogP contribution in [0.1, 0.15) is 56.9 Å². The summed E-state index contributed by atoms with van der Waals surface area (Å²) >= 11 is 0. The van der Waals surface area contributed by atoms with E-state index in [1.807, 2.05) is 27.7 Å². The molecule has 3 amide bonds. The highest BCUT2D eigenvalue weighted by Gasteiger charge is 2.39. The molecule has 0 spiro atoms. The molecule has 0 saturated carbocycles. The molecule has 10 heteroatoms. The average Bonchev–Trinajstić information content (AvgIpc) is 3.40. The second-order valence-corrected chi connectivity index (χ2v) is 10.9. The molecule has 0 radical (unpaired) electrons. The Balaban J connectivity index is 1.61. The van der Waals surface area contributed by atoms with E-state index in [0.717, 1.165) is 17.7 Å². The average molecular weight is 531 g/mol. The largest absolute Gasteiger partial charge is 0.416 e. The van der Waals surface area contributed by atoms with Crippen molar-refractivity contribution in [2.24, 2.45) is 11.8 Å². The summed E-state index contributed by atoms with van der Waals surface area (Å²) in [4.78, 5) is 28.0. The van der Waals surface area contributed by atoms with Gasteiger partial charge in [0.05, 0.1) is 17.7 Å². The third kappa shape index (κ3) is 6.28. The molecule has 1 aliphatic carbocycles.